The second-order valence-corrected chi connectivity index (χ2v) is 11.5. The summed E-state index contributed by atoms with van der Waals surface area (Å²) in [6.07, 6.45) is 2.61. The molecule has 8 nitrogen and oxygen atoms in total. The molecule has 0 radical (unpaired) electrons. The second kappa shape index (κ2) is 11.0. The number of benzene rings is 2. The van der Waals surface area contributed by atoms with E-state index < -0.39 is 17.5 Å². The Bertz CT molecular complexity index is 1190. The van der Waals surface area contributed by atoms with Gasteiger partial charge in [0.1, 0.15) is 12.1 Å². The Morgan fingerprint density at radius 1 is 0.811 bits per heavy atom. The molecule has 0 aromatic heterocycles. The van der Waals surface area contributed by atoms with Gasteiger partial charge < -0.3 is 20.4 Å². The SMILES string of the molecule is CC(C)(C)C(=O)N1CCC[C@H]1C(=O)Nc1ccccc1C(=O)N1CCC[C@@H]1C(=O)Nc1ccc(Br)cc1. The average Bonchev–Trinajstić information content (AvgIpc) is 3.54. The maximum absolute atomic E-state index is 13.6. The first-order valence-corrected chi connectivity index (χ1v) is 13.4. The molecule has 2 fully saturated rings. The number of hydrogen-bond donors (Lipinski definition) is 2. The molecule has 2 aromatic rings. The maximum atomic E-state index is 13.6. The number of anilines is 2. The van der Waals surface area contributed by atoms with Crippen molar-refractivity contribution in [3.05, 3.63) is 58.6 Å². The first-order valence-electron chi connectivity index (χ1n) is 12.6. The normalized spacial score (nSPS) is 19.6. The molecule has 0 unspecified atom stereocenters. The van der Waals surface area contributed by atoms with Gasteiger partial charge in [-0.2, -0.15) is 0 Å². The average molecular weight is 570 g/mol. The van der Waals surface area contributed by atoms with Gasteiger partial charge >= 0.3 is 0 Å². The first-order chi connectivity index (χ1) is 17.6. The summed E-state index contributed by atoms with van der Waals surface area (Å²) in [6, 6.07) is 12.9. The molecular weight excluding hydrogens is 536 g/mol. The lowest BCUT2D eigenvalue weighted by Crippen LogP contribution is -2.47. The Morgan fingerprint density at radius 3 is 2.03 bits per heavy atom. The van der Waals surface area contributed by atoms with Gasteiger partial charge in [0.05, 0.1) is 11.3 Å². The predicted molar refractivity (Wildman–Crippen MR) is 146 cm³/mol. The van der Waals surface area contributed by atoms with E-state index in [9.17, 15) is 19.2 Å². The molecule has 2 saturated heterocycles. The number of likely N-dealkylation sites (tertiary alicyclic amines) is 2. The number of hydrogen-bond acceptors (Lipinski definition) is 4. The predicted octanol–water partition coefficient (Wildman–Crippen LogP) is 4.67. The second-order valence-electron chi connectivity index (χ2n) is 10.6. The minimum Gasteiger partial charge on any atom is -0.330 e. The fourth-order valence-electron chi connectivity index (χ4n) is 4.90. The quantitative estimate of drug-likeness (QED) is 0.547. The van der Waals surface area contributed by atoms with E-state index in [1.807, 2.05) is 32.9 Å². The molecule has 0 saturated carbocycles. The maximum Gasteiger partial charge on any atom is 0.256 e. The van der Waals surface area contributed by atoms with Gasteiger partial charge in [-0.1, -0.05) is 48.8 Å². The number of nitrogens with one attached hydrogen (secondary N) is 2. The number of carbonyl (C=O) groups is 4. The van der Waals surface area contributed by atoms with Gasteiger partial charge in [-0.3, -0.25) is 19.2 Å². The van der Waals surface area contributed by atoms with Crippen LogP contribution >= 0.6 is 15.9 Å². The van der Waals surface area contributed by atoms with Crippen molar-refractivity contribution in [2.45, 2.75) is 58.5 Å². The highest BCUT2D eigenvalue weighted by molar-refractivity contribution is 9.10. The minimum atomic E-state index is -0.602. The molecule has 0 bridgehead atoms. The molecular formula is C28H33BrN4O4. The summed E-state index contributed by atoms with van der Waals surface area (Å²) < 4.78 is 0.908. The molecule has 2 N–H and O–H groups in total. The van der Waals surface area contributed by atoms with Gasteiger partial charge in [0, 0.05) is 28.7 Å². The molecule has 9 heteroatoms. The monoisotopic (exact) mass is 568 g/mol. The molecule has 2 atom stereocenters. The Kier molecular flexibility index (Phi) is 8.02. The molecule has 2 aromatic carbocycles. The molecule has 2 aliphatic rings. The molecule has 0 aliphatic carbocycles. The van der Waals surface area contributed by atoms with Crippen molar-refractivity contribution in [2.75, 3.05) is 23.7 Å². The van der Waals surface area contributed by atoms with Crippen molar-refractivity contribution >= 4 is 50.9 Å². The van der Waals surface area contributed by atoms with Gasteiger partial charge in [-0.05, 0) is 62.1 Å². The van der Waals surface area contributed by atoms with E-state index in [1.165, 1.54) is 0 Å². The largest absolute Gasteiger partial charge is 0.330 e. The van der Waals surface area contributed by atoms with E-state index >= 15 is 0 Å². The summed E-state index contributed by atoms with van der Waals surface area (Å²) in [5.41, 5.74) is 0.779. The van der Waals surface area contributed by atoms with Crippen LogP contribution in [0.25, 0.3) is 0 Å². The smallest absolute Gasteiger partial charge is 0.256 e. The van der Waals surface area contributed by atoms with E-state index in [4.69, 9.17) is 0 Å². The molecule has 37 heavy (non-hydrogen) atoms. The lowest BCUT2D eigenvalue weighted by atomic mass is 9.94. The lowest BCUT2D eigenvalue weighted by Gasteiger charge is -2.30. The van der Waals surface area contributed by atoms with E-state index in [0.29, 0.717) is 49.3 Å². The fraction of sp³-hybridized carbons (Fsp3) is 0.429. The Balaban J connectivity index is 1.49. The van der Waals surface area contributed by atoms with Crippen molar-refractivity contribution in [1.82, 2.24) is 9.80 Å². The van der Waals surface area contributed by atoms with Crippen LogP contribution in [0.2, 0.25) is 0 Å². The highest BCUT2D eigenvalue weighted by atomic mass is 79.9. The van der Waals surface area contributed by atoms with Gasteiger partial charge in [0.15, 0.2) is 0 Å². The van der Waals surface area contributed by atoms with Crippen molar-refractivity contribution < 1.29 is 19.2 Å². The third-order valence-corrected chi connectivity index (χ3v) is 7.33. The molecule has 4 rings (SSSR count). The lowest BCUT2D eigenvalue weighted by molar-refractivity contribution is -0.143. The van der Waals surface area contributed by atoms with Crippen molar-refractivity contribution in [1.29, 1.82) is 0 Å². The fourth-order valence-corrected chi connectivity index (χ4v) is 5.17. The van der Waals surface area contributed by atoms with Gasteiger partial charge in [0.25, 0.3) is 5.91 Å². The van der Waals surface area contributed by atoms with Crippen molar-refractivity contribution in [3.8, 4) is 0 Å². The van der Waals surface area contributed by atoms with Crippen LogP contribution in [0.4, 0.5) is 11.4 Å². The number of para-hydroxylation sites is 1. The molecule has 196 valence electrons. The molecule has 4 amide bonds. The van der Waals surface area contributed by atoms with E-state index in [0.717, 1.165) is 10.9 Å². The van der Waals surface area contributed by atoms with Crippen LogP contribution in [0.5, 0.6) is 0 Å². The highest BCUT2D eigenvalue weighted by Crippen LogP contribution is 2.28. The third-order valence-electron chi connectivity index (χ3n) is 6.80. The summed E-state index contributed by atoms with van der Waals surface area (Å²) in [7, 11) is 0. The summed E-state index contributed by atoms with van der Waals surface area (Å²) in [5.74, 6) is -0.914. The van der Waals surface area contributed by atoms with Crippen LogP contribution in [-0.4, -0.2) is 58.6 Å². The van der Waals surface area contributed by atoms with Crippen LogP contribution < -0.4 is 10.6 Å². The van der Waals surface area contributed by atoms with Crippen molar-refractivity contribution in [3.63, 3.8) is 0 Å². The van der Waals surface area contributed by atoms with Crippen LogP contribution in [0.15, 0.2) is 53.0 Å². The third kappa shape index (κ3) is 6.04. The van der Waals surface area contributed by atoms with Crippen LogP contribution in [-0.2, 0) is 14.4 Å². The molecule has 0 spiro atoms. The number of rotatable bonds is 5. The summed E-state index contributed by atoms with van der Waals surface area (Å²) in [4.78, 5) is 56.0. The standard InChI is InChI=1S/C28H33BrN4O4/c1-28(2,3)27(37)33-17-7-11-23(33)25(35)31-21-9-5-4-8-20(21)26(36)32-16-6-10-22(32)24(34)30-19-14-12-18(29)13-15-19/h4-5,8-9,12-15,22-23H,6-7,10-11,16-17H2,1-3H3,(H,30,34)(H,31,35)/t22-,23+/m1/s1. The molecule has 2 heterocycles. The van der Waals surface area contributed by atoms with Gasteiger partial charge in [-0.25, -0.2) is 0 Å². The zero-order valence-electron chi connectivity index (χ0n) is 21.4. The topological polar surface area (TPSA) is 98.8 Å². The minimum absolute atomic E-state index is 0.0637. The zero-order chi connectivity index (χ0) is 26.7. The highest BCUT2D eigenvalue weighted by Gasteiger charge is 2.39. The number of halogens is 1. The Morgan fingerprint density at radius 2 is 1.38 bits per heavy atom. The number of nitrogens with zero attached hydrogens (tertiary/aromatic N) is 2. The van der Waals surface area contributed by atoms with Crippen LogP contribution in [0.1, 0.15) is 56.8 Å². The summed E-state index contributed by atoms with van der Waals surface area (Å²) >= 11 is 3.38. The van der Waals surface area contributed by atoms with E-state index in [2.05, 4.69) is 26.6 Å². The van der Waals surface area contributed by atoms with Gasteiger partial charge in [-0.15, -0.1) is 0 Å². The summed E-state index contributed by atoms with van der Waals surface area (Å²) in [5, 5.41) is 5.79. The van der Waals surface area contributed by atoms with Crippen LogP contribution in [0.3, 0.4) is 0 Å². The van der Waals surface area contributed by atoms with Crippen LogP contribution in [0, 0.1) is 5.41 Å². The number of carbonyl (C=O) groups excluding carboxylic acids is 4. The van der Waals surface area contributed by atoms with Gasteiger partial charge in [0.2, 0.25) is 17.7 Å². The summed E-state index contributed by atoms with van der Waals surface area (Å²) in [6.45, 7) is 6.52. The Labute approximate surface area is 225 Å². The van der Waals surface area contributed by atoms with E-state index in [1.54, 1.807) is 46.2 Å². The zero-order valence-corrected chi connectivity index (χ0v) is 23.0. The number of amides is 4. The van der Waals surface area contributed by atoms with Crippen molar-refractivity contribution in [2.24, 2.45) is 5.41 Å². The molecule has 2 aliphatic heterocycles. The Hall–Kier alpha value is -3.20. The van der Waals surface area contributed by atoms with E-state index in [-0.39, 0.29) is 23.6 Å². The first kappa shape index (κ1) is 26.9.